The third kappa shape index (κ3) is 4.45. The number of nitrogens with zero attached hydrogens (tertiary/aromatic N) is 4. The van der Waals surface area contributed by atoms with Gasteiger partial charge in [-0.05, 0) is 38.5 Å². The van der Waals surface area contributed by atoms with Crippen LogP contribution in [0.25, 0.3) is 5.78 Å². The van der Waals surface area contributed by atoms with E-state index in [2.05, 4.69) is 25.1 Å². The highest BCUT2D eigenvalue weighted by molar-refractivity contribution is 6.32. The molecule has 0 amide bonds. The van der Waals surface area contributed by atoms with Gasteiger partial charge >= 0.3 is 6.36 Å². The lowest BCUT2D eigenvalue weighted by molar-refractivity contribution is -0.274. The Balaban J connectivity index is 1.99. The largest absolute Gasteiger partial charge is 0.573 e. The lowest BCUT2D eigenvalue weighted by Gasteiger charge is -2.31. The molecule has 2 heterocycles. The van der Waals surface area contributed by atoms with Crippen molar-refractivity contribution in [1.82, 2.24) is 19.6 Å². The SMILES string of the molecule is Cc1cc(N[C@@H](c2ccc(OC(F)(F)F)c(Cl)c2)C(C)(C)O)n2ncnc2n1. The van der Waals surface area contributed by atoms with Gasteiger partial charge in [0.2, 0.25) is 0 Å². The topological polar surface area (TPSA) is 84.6 Å². The second-order valence-electron chi connectivity index (χ2n) is 6.72. The average Bonchev–Trinajstić information content (AvgIpc) is 3.00. The van der Waals surface area contributed by atoms with Gasteiger partial charge in [-0.3, -0.25) is 0 Å². The standard InChI is InChI=1S/C17H17ClF3N5O2/c1-9-6-13(26-15(24-9)22-8-23-26)25-14(16(2,3)27)10-4-5-12(11(18)7-10)28-17(19,20)21/h4-8,14,25,27H,1-3H3/t14-/m0/s1. The first-order valence-electron chi connectivity index (χ1n) is 8.15. The number of benzene rings is 1. The Hall–Kier alpha value is -2.59. The molecule has 1 atom stereocenters. The Bertz CT molecular complexity index is 1000. The van der Waals surface area contributed by atoms with Crippen LogP contribution in [0, 0.1) is 6.92 Å². The molecular weight excluding hydrogens is 399 g/mol. The van der Waals surface area contributed by atoms with Crippen LogP contribution in [0.4, 0.5) is 19.0 Å². The summed E-state index contributed by atoms with van der Waals surface area (Å²) in [6.07, 6.45) is -3.52. The lowest BCUT2D eigenvalue weighted by Crippen LogP contribution is -2.35. The number of anilines is 1. The van der Waals surface area contributed by atoms with Crippen LogP contribution >= 0.6 is 11.6 Å². The maximum atomic E-state index is 12.5. The van der Waals surface area contributed by atoms with Crippen molar-refractivity contribution >= 4 is 23.2 Å². The molecule has 2 aromatic heterocycles. The summed E-state index contributed by atoms with van der Waals surface area (Å²) in [7, 11) is 0. The van der Waals surface area contributed by atoms with Crippen molar-refractivity contribution in [2.45, 2.75) is 38.8 Å². The number of aliphatic hydroxyl groups is 1. The molecule has 150 valence electrons. The first-order valence-corrected chi connectivity index (χ1v) is 8.53. The van der Waals surface area contributed by atoms with Crippen LogP contribution < -0.4 is 10.1 Å². The van der Waals surface area contributed by atoms with Gasteiger partial charge in [0.15, 0.2) is 0 Å². The van der Waals surface area contributed by atoms with Crippen LogP contribution in [0.1, 0.15) is 31.1 Å². The first-order chi connectivity index (χ1) is 12.9. The van der Waals surface area contributed by atoms with E-state index >= 15 is 0 Å². The number of aryl methyl sites for hydroxylation is 1. The monoisotopic (exact) mass is 415 g/mol. The average molecular weight is 416 g/mol. The molecule has 11 heteroatoms. The van der Waals surface area contributed by atoms with Gasteiger partial charge in [-0.15, -0.1) is 13.2 Å². The minimum absolute atomic E-state index is 0.234. The number of alkyl halides is 3. The van der Waals surface area contributed by atoms with Crippen LogP contribution in [0.3, 0.4) is 0 Å². The highest BCUT2D eigenvalue weighted by Crippen LogP contribution is 2.36. The fourth-order valence-corrected chi connectivity index (χ4v) is 2.98. The van der Waals surface area contributed by atoms with E-state index in [1.807, 2.05) is 0 Å². The van der Waals surface area contributed by atoms with Crippen molar-refractivity contribution in [3.05, 3.63) is 46.9 Å². The molecule has 3 rings (SSSR count). The third-order valence-electron chi connectivity index (χ3n) is 3.89. The smallest absolute Gasteiger partial charge is 0.404 e. The molecule has 1 aromatic carbocycles. The summed E-state index contributed by atoms with van der Waals surface area (Å²) >= 11 is 5.96. The third-order valence-corrected chi connectivity index (χ3v) is 4.19. The first kappa shape index (κ1) is 20.2. The van der Waals surface area contributed by atoms with Gasteiger partial charge < -0.3 is 15.2 Å². The fraction of sp³-hybridized carbons (Fsp3) is 0.353. The molecule has 28 heavy (non-hydrogen) atoms. The fourth-order valence-electron chi connectivity index (χ4n) is 2.75. The molecule has 0 aliphatic rings. The normalized spacial score (nSPS) is 13.6. The van der Waals surface area contributed by atoms with Gasteiger partial charge in [-0.25, -0.2) is 4.98 Å². The summed E-state index contributed by atoms with van der Waals surface area (Å²) in [5, 5.41) is 17.7. The molecule has 7 nitrogen and oxygen atoms in total. The Kier molecular flexibility index (Phi) is 5.11. The lowest BCUT2D eigenvalue weighted by atomic mass is 9.91. The molecule has 0 unspecified atom stereocenters. The van der Waals surface area contributed by atoms with Crippen LogP contribution in [0.5, 0.6) is 5.75 Å². The molecule has 3 aromatic rings. The molecule has 2 N–H and O–H groups in total. The number of halogens is 4. The van der Waals surface area contributed by atoms with Crippen molar-refractivity contribution in [2.75, 3.05) is 5.32 Å². The quantitative estimate of drug-likeness (QED) is 0.657. The number of fused-ring (bicyclic) bond motifs is 1. The zero-order valence-corrected chi connectivity index (χ0v) is 15.9. The minimum Gasteiger partial charge on any atom is -0.404 e. The van der Waals surface area contributed by atoms with E-state index in [9.17, 15) is 18.3 Å². The van der Waals surface area contributed by atoms with E-state index in [-0.39, 0.29) is 5.02 Å². The predicted molar refractivity (Wildman–Crippen MR) is 96.3 cm³/mol. The molecule has 0 saturated heterocycles. The molecule has 0 fully saturated rings. The molecule has 0 aliphatic carbocycles. The summed E-state index contributed by atoms with van der Waals surface area (Å²) in [6.45, 7) is 4.90. The molecule has 0 aliphatic heterocycles. The Morgan fingerprint density at radius 3 is 2.57 bits per heavy atom. The summed E-state index contributed by atoms with van der Waals surface area (Å²) in [6, 6.07) is 4.79. The van der Waals surface area contributed by atoms with E-state index in [4.69, 9.17) is 11.6 Å². The minimum atomic E-state index is -4.85. The molecule has 0 bridgehead atoms. The highest BCUT2D eigenvalue weighted by atomic mass is 35.5. The summed E-state index contributed by atoms with van der Waals surface area (Å²) in [5.41, 5.74) is -0.181. The summed E-state index contributed by atoms with van der Waals surface area (Å²) < 4.78 is 42.7. The number of hydrogen-bond acceptors (Lipinski definition) is 6. The maximum absolute atomic E-state index is 12.5. The van der Waals surface area contributed by atoms with Gasteiger partial charge in [0.25, 0.3) is 5.78 Å². The number of ether oxygens (including phenoxy) is 1. The molecule has 0 radical (unpaired) electrons. The zero-order valence-electron chi connectivity index (χ0n) is 15.1. The Morgan fingerprint density at radius 2 is 1.96 bits per heavy atom. The number of aromatic nitrogens is 4. The Labute approximate surface area is 163 Å². The van der Waals surface area contributed by atoms with Crippen molar-refractivity contribution in [3.63, 3.8) is 0 Å². The highest BCUT2D eigenvalue weighted by Gasteiger charge is 2.33. The van der Waals surface area contributed by atoms with Gasteiger partial charge in [0.1, 0.15) is 17.9 Å². The van der Waals surface area contributed by atoms with E-state index in [1.54, 1.807) is 26.8 Å². The van der Waals surface area contributed by atoms with Crippen molar-refractivity contribution in [3.8, 4) is 5.75 Å². The number of hydrogen-bond donors (Lipinski definition) is 2. The van der Waals surface area contributed by atoms with Crippen molar-refractivity contribution < 1.29 is 23.0 Å². The van der Waals surface area contributed by atoms with Crippen molar-refractivity contribution in [1.29, 1.82) is 0 Å². The second-order valence-corrected chi connectivity index (χ2v) is 7.13. The molecule has 0 saturated carbocycles. The zero-order chi connectivity index (χ0) is 20.7. The van der Waals surface area contributed by atoms with E-state index in [0.717, 1.165) is 6.07 Å². The second kappa shape index (κ2) is 7.10. The van der Waals surface area contributed by atoms with E-state index in [0.29, 0.717) is 22.9 Å². The van der Waals surface area contributed by atoms with Gasteiger partial charge in [0.05, 0.1) is 16.7 Å². The Morgan fingerprint density at radius 1 is 1.25 bits per heavy atom. The van der Waals surface area contributed by atoms with E-state index in [1.165, 1.54) is 23.0 Å². The number of rotatable bonds is 5. The number of nitrogens with one attached hydrogen (secondary N) is 1. The van der Waals surface area contributed by atoms with Gasteiger partial charge in [0, 0.05) is 11.8 Å². The summed E-state index contributed by atoms with van der Waals surface area (Å²) in [4.78, 5) is 8.28. The summed E-state index contributed by atoms with van der Waals surface area (Å²) in [5.74, 6) is 0.341. The van der Waals surface area contributed by atoms with E-state index < -0.39 is 23.8 Å². The van der Waals surface area contributed by atoms with Crippen LogP contribution in [-0.4, -0.2) is 36.7 Å². The predicted octanol–water partition coefficient (Wildman–Crippen LogP) is 3.91. The van der Waals surface area contributed by atoms with Crippen molar-refractivity contribution in [2.24, 2.45) is 0 Å². The maximum Gasteiger partial charge on any atom is 0.573 e. The molecule has 0 spiro atoms. The molecular formula is C17H17ClF3N5O2. The van der Waals surface area contributed by atoms with Crippen LogP contribution in [0.2, 0.25) is 5.02 Å². The van der Waals surface area contributed by atoms with Gasteiger partial charge in [-0.2, -0.15) is 14.6 Å². The van der Waals surface area contributed by atoms with Crippen LogP contribution in [-0.2, 0) is 0 Å². The van der Waals surface area contributed by atoms with Crippen LogP contribution in [0.15, 0.2) is 30.6 Å². The van der Waals surface area contributed by atoms with Gasteiger partial charge in [-0.1, -0.05) is 17.7 Å².